The molecule has 2 heterocycles. The molecule has 130 valence electrons. The summed E-state index contributed by atoms with van der Waals surface area (Å²) in [5, 5.41) is 8.87. The van der Waals surface area contributed by atoms with E-state index in [1.807, 2.05) is 12.1 Å². The van der Waals surface area contributed by atoms with Gasteiger partial charge in [-0.1, -0.05) is 12.1 Å². The Morgan fingerprint density at radius 3 is 2.25 bits per heavy atom. The summed E-state index contributed by atoms with van der Waals surface area (Å²) in [7, 11) is 0. The Morgan fingerprint density at radius 1 is 1.04 bits per heavy atom. The van der Waals surface area contributed by atoms with Crippen molar-refractivity contribution in [1.29, 1.82) is 5.26 Å². The number of hydrogen-bond donors (Lipinski definition) is 0. The first-order valence-electron chi connectivity index (χ1n) is 9.21. The van der Waals surface area contributed by atoms with Crippen molar-refractivity contribution in [3.8, 4) is 6.07 Å². The molecule has 0 unspecified atom stereocenters. The Labute approximate surface area is 146 Å². The highest BCUT2D eigenvalue weighted by Crippen LogP contribution is 2.22. The molecule has 2 aliphatic heterocycles. The monoisotopic (exact) mass is 327 g/mol. The van der Waals surface area contributed by atoms with E-state index in [-0.39, 0.29) is 0 Å². The molecule has 0 radical (unpaired) electrons. The maximum Gasteiger partial charge on any atom is 0.0991 e. The molecule has 0 bridgehead atoms. The van der Waals surface area contributed by atoms with Gasteiger partial charge in [-0.05, 0) is 63.4 Å². The van der Waals surface area contributed by atoms with Crippen molar-refractivity contribution < 1.29 is 4.74 Å². The van der Waals surface area contributed by atoms with Gasteiger partial charge in [0.2, 0.25) is 0 Å². The number of piperidine rings is 1. The molecule has 2 fully saturated rings. The molecule has 0 aliphatic carbocycles. The number of nitrogens with zero attached hydrogens (tertiary/aromatic N) is 3. The van der Waals surface area contributed by atoms with Crippen LogP contribution in [0, 0.1) is 17.2 Å². The minimum atomic E-state index is 0.366. The van der Waals surface area contributed by atoms with Crippen LogP contribution < -0.4 is 0 Å². The molecule has 3 rings (SSSR count). The van der Waals surface area contributed by atoms with Crippen LogP contribution in [0.5, 0.6) is 0 Å². The van der Waals surface area contributed by atoms with Crippen LogP contribution in [0.25, 0.3) is 0 Å². The third-order valence-corrected chi connectivity index (χ3v) is 5.21. The summed E-state index contributed by atoms with van der Waals surface area (Å²) >= 11 is 0. The van der Waals surface area contributed by atoms with Crippen LogP contribution in [0.4, 0.5) is 0 Å². The predicted molar refractivity (Wildman–Crippen MR) is 95.6 cm³/mol. The summed E-state index contributed by atoms with van der Waals surface area (Å²) in [5.74, 6) is 0.819. The fraction of sp³-hybridized carbons (Fsp3) is 0.650. The van der Waals surface area contributed by atoms with Gasteiger partial charge in [0.25, 0.3) is 0 Å². The predicted octanol–water partition coefficient (Wildman–Crippen LogP) is 2.88. The molecule has 4 nitrogen and oxygen atoms in total. The fourth-order valence-corrected chi connectivity index (χ4v) is 4.07. The average Bonchev–Trinajstić information content (AvgIpc) is 2.56. The molecule has 2 atom stereocenters. The highest BCUT2D eigenvalue weighted by molar-refractivity contribution is 5.31. The topological polar surface area (TPSA) is 39.5 Å². The molecule has 1 aromatic carbocycles. The molecule has 0 spiro atoms. The first-order chi connectivity index (χ1) is 11.6. The molecule has 2 saturated heterocycles. The summed E-state index contributed by atoms with van der Waals surface area (Å²) in [6.07, 6.45) is 3.31. The van der Waals surface area contributed by atoms with Crippen LogP contribution in [-0.4, -0.2) is 54.7 Å². The third kappa shape index (κ3) is 4.80. The van der Waals surface area contributed by atoms with E-state index in [0.717, 1.165) is 31.1 Å². The molecule has 0 amide bonds. The molecule has 1 aromatic rings. The molecule has 24 heavy (non-hydrogen) atoms. The van der Waals surface area contributed by atoms with E-state index in [1.165, 1.54) is 38.0 Å². The standard InChI is InChI=1S/C20H29N3O/c1-16-12-23(13-17(2)24-16)15-20-7-9-22(10-8-20)14-19-5-3-18(11-21)4-6-19/h3-6,16-17,20H,7-10,12-15H2,1-2H3/t16-,17-/m1/s1. The second-order valence-electron chi connectivity index (χ2n) is 7.50. The molecule has 4 heteroatoms. The SMILES string of the molecule is C[C@@H]1CN(CC2CCN(Cc3ccc(C#N)cc3)CC2)C[C@@H](C)O1. The zero-order chi connectivity index (χ0) is 16.9. The number of morpholine rings is 1. The van der Waals surface area contributed by atoms with Crippen molar-refractivity contribution in [2.45, 2.75) is 45.4 Å². The van der Waals surface area contributed by atoms with Crippen LogP contribution in [0.15, 0.2) is 24.3 Å². The number of benzene rings is 1. The molecular weight excluding hydrogens is 298 g/mol. The van der Waals surface area contributed by atoms with Gasteiger partial charge in [-0.25, -0.2) is 0 Å². The van der Waals surface area contributed by atoms with Gasteiger partial charge in [0, 0.05) is 26.2 Å². The van der Waals surface area contributed by atoms with Crippen LogP contribution in [-0.2, 0) is 11.3 Å². The average molecular weight is 327 g/mol. The van der Waals surface area contributed by atoms with Crippen molar-refractivity contribution in [2.24, 2.45) is 5.92 Å². The molecule has 0 aromatic heterocycles. The fourth-order valence-electron chi connectivity index (χ4n) is 4.07. The Morgan fingerprint density at radius 2 is 1.67 bits per heavy atom. The highest BCUT2D eigenvalue weighted by atomic mass is 16.5. The molecule has 0 N–H and O–H groups in total. The normalized spacial score (nSPS) is 27.0. The maximum absolute atomic E-state index is 8.87. The van der Waals surface area contributed by atoms with E-state index in [9.17, 15) is 0 Å². The first-order valence-corrected chi connectivity index (χ1v) is 9.21. The summed E-state index contributed by atoms with van der Waals surface area (Å²) in [5.41, 5.74) is 2.05. The summed E-state index contributed by atoms with van der Waals surface area (Å²) in [4.78, 5) is 5.14. The lowest BCUT2D eigenvalue weighted by Crippen LogP contribution is -2.48. The minimum Gasteiger partial charge on any atom is -0.373 e. The lowest BCUT2D eigenvalue weighted by Gasteiger charge is -2.39. The van der Waals surface area contributed by atoms with Crippen LogP contribution >= 0.6 is 0 Å². The van der Waals surface area contributed by atoms with Crippen LogP contribution in [0.3, 0.4) is 0 Å². The van der Waals surface area contributed by atoms with Crippen molar-refractivity contribution >= 4 is 0 Å². The smallest absolute Gasteiger partial charge is 0.0991 e. The van der Waals surface area contributed by atoms with Crippen molar-refractivity contribution in [3.63, 3.8) is 0 Å². The Bertz CT molecular complexity index is 547. The van der Waals surface area contributed by atoms with Gasteiger partial charge in [-0.2, -0.15) is 5.26 Å². The van der Waals surface area contributed by atoms with Gasteiger partial charge < -0.3 is 4.74 Å². The largest absolute Gasteiger partial charge is 0.373 e. The van der Waals surface area contributed by atoms with Gasteiger partial charge in [-0.15, -0.1) is 0 Å². The van der Waals surface area contributed by atoms with Gasteiger partial charge in [0.1, 0.15) is 0 Å². The quantitative estimate of drug-likeness (QED) is 0.852. The molecule has 2 aliphatic rings. The Hall–Kier alpha value is -1.41. The van der Waals surface area contributed by atoms with E-state index in [4.69, 9.17) is 10.00 Å². The Kier molecular flexibility index (Phi) is 5.89. The zero-order valence-electron chi connectivity index (χ0n) is 14.9. The maximum atomic E-state index is 8.87. The van der Waals surface area contributed by atoms with E-state index in [0.29, 0.717) is 12.2 Å². The number of nitriles is 1. The second-order valence-corrected chi connectivity index (χ2v) is 7.50. The van der Waals surface area contributed by atoms with E-state index >= 15 is 0 Å². The van der Waals surface area contributed by atoms with Crippen molar-refractivity contribution in [2.75, 3.05) is 32.7 Å². The van der Waals surface area contributed by atoms with Crippen molar-refractivity contribution in [3.05, 3.63) is 35.4 Å². The number of ether oxygens (including phenoxy) is 1. The van der Waals surface area contributed by atoms with E-state index < -0.39 is 0 Å². The number of rotatable bonds is 4. The van der Waals surface area contributed by atoms with Gasteiger partial charge in [-0.3, -0.25) is 9.80 Å². The number of likely N-dealkylation sites (tertiary alicyclic amines) is 1. The third-order valence-electron chi connectivity index (χ3n) is 5.21. The van der Waals surface area contributed by atoms with Gasteiger partial charge in [0.05, 0.1) is 23.8 Å². The molecular formula is C20H29N3O. The van der Waals surface area contributed by atoms with E-state index in [2.05, 4.69) is 41.8 Å². The highest BCUT2D eigenvalue weighted by Gasteiger charge is 2.26. The number of hydrogen-bond acceptors (Lipinski definition) is 4. The summed E-state index contributed by atoms with van der Waals surface area (Å²) in [6.45, 7) is 11.1. The lowest BCUT2D eigenvalue weighted by atomic mass is 9.95. The zero-order valence-corrected chi connectivity index (χ0v) is 14.9. The van der Waals surface area contributed by atoms with E-state index in [1.54, 1.807) is 0 Å². The van der Waals surface area contributed by atoms with Crippen LogP contribution in [0.2, 0.25) is 0 Å². The first kappa shape index (κ1) is 17.4. The summed E-state index contributed by atoms with van der Waals surface area (Å²) in [6, 6.07) is 10.2. The van der Waals surface area contributed by atoms with Crippen LogP contribution in [0.1, 0.15) is 37.8 Å². The van der Waals surface area contributed by atoms with Gasteiger partial charge >= 0.3 is 0 Å². The minimum absolute atomic E-state index is 0.366. The van der Waals surface area contributed by atoms with Crippen molar-refractivity contribution in [1.82, 2.24) is 9.80 Å². The van der Waals surface area contributed by atoms with Gasteiger partial charge in [0.15, 0.2) is 0 Å². The second kappa shape index (κ2) is 8.11. The molecule has 0 saturated carbocycles. The Balaban J connectivity index is 1.43. The lowest BCUT2D eigenvalue weighted by molar-refractivity contribution is -0.0732. The summed E-state index contributed by atoms with van der Waals surface area (Å²) < 4.78 is 5.84.